The number of alkyl halides is 4. The van der Waals surface area contributed by atoms with Gasteiger partial charge >= 0.3 is 0 Å². The highest BCUT2D eigenvalue weighted by Gasteiger charge is 2.53. The van der Waals surface area contributed by atoms with E-state index < -0.39 is 67.8 Å². The predicted molar refractivity (Wildman–Crippen MR) is 122 cm³/mol. The summed E-state index contributed by atoms with van der Waals surface area (Å²) in [6, 6.07) is 2.98. The molecule has 0 saturated heterocycles. The number of nitrogens with two attached hydrogens (primary N) is 1. The number of amidine groups is 1. The number of aromatic nitrogens is 2. The Labute approximate surface area is 209 Å². The zero-order chi connectivity index (χ0) is 27.2. The molecular formula is C23H26F5N5O4. The van der Waals surface area contributed by atoms with Gasteiger partial charge in [0.15, 0.2) is 0 Å². The SMILES string of the molecule is CO[C@@H](CCC(F)F)[C@H]1[C@@H](C)OC(N)=N[C@]1(CF)c1cc(NC(=O)c2cnc(OCF)cn2)ccc1F. The van der Waals surface area contributed by atoms with Gasteiger partial charge in [0.05, 0.1) is 24.4 Å². The summed E-state index contributed by atoms with van der Waals surface area (Å²) in [5.74, 6) is -2.81. The molecule has 37 heavy (non-hydrogen) atoms. The Morgan fingerprint density at radius 1 is 1.24 bits per heavy atom. The van der Waals surface area contributed by atoms with Crippen LogP contribution < -0.4 is 15.8 Å². The van der Waals surface area contributed by atoms with Crippen LogP contribution in [0.1, 0.15) is 35.8 Å². The number of methoxy groups -OCH3 is 1. The van der Waals surface area contributed by atoms with E-state index in [0.29, 0.717) is 0 Å². The van der Waals surface area contributed by atoms with Crippen molar-refractivity contribution < 1.29 is 41.0 Å². The van der Waals surface area contributed by atoms with Gasteiger partial charge < -0.3 is 25.3 Å². The number of benzene rings is 1. The van der Waals surface area contributed by atoms with Gasteiger partial charge in [-0.25, -0.2) is 36.9 Å². The first-order valence-corrected chi connectivity index (χ1v) is 11.2. The van der Waals surface area contributed by atoms with Crippen molar-refractivity contribution in [3.63, 3.8) is 0 Å². The summed E-state index contributed by atoms with van der Waals surface area (Å²) in [6.07, 6.45) is -3.15. The molecule has 1 aliphatic heterocycles. The maximum atomic E-state index is 15.2. The molecule has 0 radical (unpaired) electrons. The second-order valence-electron chi connectivity index (χ2n) is 8.24. The topological polar surface area (TPSA) is 121 Å². The van der Waals surface area contributed by atoms with Crippen molar-refractivity contribution in [1.82, 2.24) is 9.97 Å². The zero-order valence-electron chi connectivity index (χ0n) is 20.0. The summed E-state index contributed by atoms with van der Waals surface area (Å²) in [6.45, 7) is -0.863. The Morgan fingerprint density at radius 3 is 2.59 bits per heavy atom. The summed E-state index contributed by atoms with van der Waals surface area (Å²) in [5.41, 5.74) is 3.38. The molecule has 1 amide bonds. The van der Waals surface area contributed by atoms with Crippen molar-refractivity contribution >= 4 is 17.6 Å². The van der Waals surface area contributed by atoms with E-state index in [1.807, 2.05) is 0 Å². The van der Waals surface area contributed by atoms with E-state index in [0.717, 1.165) is 18.5 Å². The Hall–Kier alpha value is -3.55. The molecule has 202 valence electrons. The van der Waals surface area contributed by atoms with E-state index in [4.69, 9.17) is 15.2 Å². The first kappa shape index (κ1) is 28.0. The van der Waals surface area contributed by atoms with Gasteiger partial charge in [-0.05, 0) is 31.5 Å². The molecule has 2 aromatic rings. The number of anilines is 1. The van der Waals surface area contributed by atoms with E-state index in [9.17, 15) is 22.4 Å². The average molecular weight is 531 g/mol. The van der Waals surface area contributed by atoms with Crippen LogP contribution >= 0.6 is 0 Å². The van der Waals surface area contributed by atoms with Crippen LogP contribution in [0.15, 0.2) is 35.6 Å². The molecule has 0 fully saturated rings. The first-order valence-electron chi connectivity index (χ1n) is 11.2. The van der Waals surface area contributed by atoms with Gasteiger partial charge in [-0.2, -0.15) is 0 Å². The Balaban J connectivity index is 1.99. The Bertz CT molecular complexity index is 1110. The number of halogens is 5. The van der Waals surface area contributed by atoms with Crippen molar-refractivity contribution in [2.24, 2.45) is 16.6 Å². The fourth-order valence-corrected chi connectivity index (χ4v) is 4.42. The van der Waals surface area contributed by atoms with Gasteiger partial charge in [-0.1, -0.05) is 0 Å². The average Bonchev–Trinajstić information content (AvgIpc) is 2.86. The Kier molecular flexibility index (Phi) is 9.18. The number of hydrogen-bond acceptors (Lipinski definition) is 8. The van der Waals surface area contributed by atoms with Gasteiger partial charge in [0.2, 0.25) is 19.2 Å². The summed E-state index contributed by atoms with van der Waals surface area (Å²) in [7, 11) is 1.27. The minimum absolute atomic E-state index is 0.0494. The summed E-state index contributed by atoms with van der Waals surface area (Å²) >= 11 is 0. The highest BCUT2D eigenvalue weighted by molar-refractivity contribution is 6.02. The summed E-state index contributed by atoms with van der Waals surface area (Å²) < 4.78 is 83.7. The van der Waals surface area contributed by atoms with Crippen LogP contribution in [0.2, 0.25) is 0 Å². The van der Waals surface area contributed by atoms with E-state index in [1.54, 1.807) is 0 Å². The molecule has 4 atom stereocenters. The third kappa shape index (κ3) is 6.24. The molecule has 2 heterocycles. The number of ether oxygens (including phenoxy) is 3. The molecule has 0 aliphatic carbocycles. The molecule has 0 unspecified atom stereocenters. The van der Waals surface area contributed by atoms with Gasteiger partial charge in [0.1, 0.15) is 29.8 Å². The summed E-state index contributed by atoms with van der Waals surface area (Å²) in [4.78, 5) is 24.3. The lowest BCUT2D eigenvalue weighted by Crippen LogP contribution is -2.54. The number of carbonyl (C=O) groups is 1. The van der Waals surface area contributed by atoms with Crippen molar-refractivity contribution in [3.8, 4) is 5.88 Å². The number of rotatable bonds is 11. The largest absolute Gasteiger partial charge is 0.462 e. The Morgan fingerprint density at radius 2 is 2.00 bits per heavy atom. The molecule has 3 N–H and O–H groups in total. The number of nitrogens with one attached hydrogen (secondary N) is 1. The molecular weight excluding hydrogens is 505 g/mol. The number of hydrogen-bond donors (Lipinski definition) is 2. The lowest BCUT2D eigenvalue weighted by Gasteiger charge is -2.45. The van der Waals surface area contributed by atoms with Crippen LogP contribution in [0.3, 0.4) is 0 Å². The van der Waals surface area contributed by atoms with Crippen molar-refractivity contribution in [1.29, 1.82) is 0 Å². The summed E-state index contributed by atoms with van der Waals surface area (Å²) in [5, 5.41) is 2.49. The van der Waals surface area contributed by atoms with Crippen molar-refractivity contribution in [2.75, 3.05) is 26.0 Å². The van der Waals surface area contributed by atoms with E-state index in [2.05, 4.69) is 25.0 Å². The minimum atomic E-state index is -2.64. The van der Waals surface area contributed by atoms with Crippen LogP contribution in [-0.4, -0.2) is 61.2 Å². The number of nitrogens with zero attached hydrogens (tertiary/aromatic N) is 3. The van der Waals surface area contributed by atoms with E-state index in [-0.39, 0.29) is 29.2 Å². The molecule has 0 bridgehead atoms. The van der Waals surface area contributed by atoms with Gasteiger partial charge in [-0.15, -0.1) is 0 Å². The quantitative estimate of drug-likeness (QED) is 0.424. The van der Waals surface area contributed by atoms with Gasteiger partial charge in [-0.3, -0.25) is 4.79 Å². The van der Waals surface area contributed by atoms with Crippen LogP contribution in [0.25, 0.3) is 0 Å². The first-order chi connectivity index (χ1) is 17.6. The molecule has 0 saturated carbocycles. The second-order valence-corrected chi connectivity index (χ2v) is 8.24. The van der Waals surface area contributed by atoms with Crippen LogP contribution in [-0.2, 0) is 15.0 Å². The lowest BCUT2D eigenvalue weighted by atomic mass is 9.71. The fourth-order valence-electron chi connectivity index (χ4n) is 4.42. The lowest BCUT2D eigenvalue weighted by molar-refractivity contribution is -0.0683. The second kappa shape index (κ2) is 12.1. The van der Waals surface area contributed by atoms with Crippen LogP contribution in [0, 0.1) is 11.7 Å². The highest BCUT2D eigenvalue weighted by Crippen LogP contribution is 2.45. The van der Waals surface area contributed by atoms with Crippen molar-refractivity contribution in [2.45, 2.75) is 43.9 Å². The molecule has 3 rings (SSSR count). The maximum Gasteiger partial charge on any atom is 0.283 e. The smallest absolute Gasteiger partial charge is 0.283 e. The predicted octanol–water partition coefficient (Wildman–Crippen LogP) is 3.75. The number of carbonyl (C=O) groups excluding carboxylic acids is 1. The molecule has 1 aromatic carbocycles. The molecule has 1 aliphatic rings. The van der Waals surface area contributed by atoms with Crippen molar-refractivity contribution in [3.05, 3.63) is 47.7 Å². The van der Waals surface area contributed by atoms with Gasteiger partial charge in [0.25, 0.3) is 11.9 Å². The molecule has 9 nitrogen and oxygen atoms in total. The zero-order valence-corrected chi connectivity index (χ0v) is 20.0. The maximum absolute atomic E-state index is 15.2. The monoisotopic (exact) mass is 531 g/mol. The number of aliphatic imine (C=N–C) groups is 1. The number of amides is 1. The van der Waals surface area contributed by atoms with E-state index >= 15 is 4.39 Å². The van der Waals surface area contributed by atoms with E-state index in [1.165, 1.54) is 26.2 Å². The minimum Gasteiger partial charge on any atom is -0.462 e. The fraction of sp³-hybridized carbons (Fsp3) is 0.478. The highest BCUT2D eigenvalue weighted by atomic mass is 19.3. The molecule has 14 heteroatoms. The normalized spacial score (nSPS) is 22.2. The third-order valence-corrected chi connectivity index (χ3v) is 6.00. The molecule has 0 spiro atoms. The molecule has 1 aromatic heterocycles. The third-order valence-electron chi connectivity index (χ3n) is 6.00. The van der Waals surface area contributed by atoms with Gasteiger partial charge in [0, 0.05) is 24.8 Å². The standard InChI is InChI=1S/C23H26F5N5O4/c1-12-20(17(35-2)5-6-18(27)28)23(10-24,33-22(29)37-12)14-7-13(3-4-15(14)26)32-21(34)16-8-31-19(9-30-16)36-11-25/h3-4,7-9,12,17-18,20H,5-6,10-11H2,1-2H3,(H2,29,33)(H,32,34)/t12-,17+,20-,23-/m1/s1. The van der Waals surface area contributed by atoms with Crippen LogP contribution in [0.4, 0.5) is 27.6 Å². The van der Waals surface area contributed by atoms with Crippen LogP contribution in [0.5, 0.6) is 5.88 Å².